The first-order valence-electron chi connectivity index (χ1n) is 16.2. The van der Waals surface area contributed by atoms with Crippen LogP contribution in [0, 0.1) is 10.1 Å². The van der Waals surface area contributed by atoms with Gasteiger partial charge in [0.1, 0.15) is 17.2 Å². The van der Waals surface area contributed by atoms with Crippen LogP contribution in [0.2, 0.25) is 0 Å². The van der Waals surface area contributed by atoms with Gasteiger partial charge in [-0.15, -0.1) is 0 Å². The predicted molar refractivity (Wildman–Crippen MR) is 178 cm³/mol. The SMILES string of the molecule is COC12OC(C(=O)c3ccccc31)C1(O2)c2ccccc2C2(OC)OC1C1(O2)c2ccccc2C2(OC)OC1C(=S)N2c1ccc([N+](=O)[O-])cc1. The minimum atomic E-state index is -1.82. The Balaban J connectivity index is 1.26. The average molecular weight is 709 g/mol. The number of non-ortho nitro benzene ring substituents is 1. The standard InChI is InChI=1S/C37H28N2O11S/c1-43-35-26-14-8-6-12-24(26)34(30(46-35)31(51)38(35)20-16-18-21(19-17-20)39(41)42)32-33(25-13-7-9-15-27(25)37(45-3,48-32)50-34)29-28(40)22-10-4-5-11-23(22)36(44-2,47-29)49-33/h4-19,29-30,32H,1-3H3. The summed E-state index contributed by atoms with van der Waals surface area (Å²) in [6.45, 7) is 0. The summed E-state index contributed by atoms with van der Waals surface area (Å²) >= 11 is 6.29. The molecule has 13 nitrogen and oxygen atoms in total. The Morgan fingerprint density at radius 1 is 0.686 bits per heavy atom. The number of rotatable bonds is 5. The largest absolute Gasteiger partial charge is 0.332 e. The fourth-order valence-electron chi connectivity index (χ4n) is 8.98. The van der Waals surface area contributed by atoms with E-state index in [9.17, 15) is 14.9 Å². The summed E-state index contributed by atoms with van der Waals surface area (Å²) in [6, 6.07) is 27.6. The molecule has 8 atom stereocenters. The first-order chi connectivity index (χ1) is 24.7. The Bertz CT molecular complexity index is 2220. The smallest absolute Gasteiger partial charge is 0.314 e. The van der Waals surface area contributed by atoms with E-state index in [1.165, 1.54) is 33.5 Å². The molecule has 14 heteroatoms. The van der Waals surface area contributed by atoms with E-state index in [2.05, 4.69) is 0 Å². The number of ketones is 1. The summed E-state index contributed by atoms with van der Waals surface area (Å²) in [7, 11) is 4.42. The molecule has 0 radical (unpaired) electrons. The van der Waals surface area contributed by atoms with E-state index in [-0.39, 0.29) is 16.5 Å². The lowest BCUT2D eigenvalue weighted by atomic mass is 9.67. The maximum absolute atomic E-state index is 14.7. The summed E-state index contributed by atoms with van der Waals surface area (Å²) in [6.07, 6.45) is -3.64. The van der Waals surface area contributed by atoms with Crippen molar-refractivity contribution in [3.8, 4) is 0 Å². The van der Waals surface area contributed by atoms with Crippen LogP contribution in [-0.4, -0.2) is 55.3 Å². The Hall–Kier alpha value is -4.48. The van der Waals surface area contributed by atoms with Gasteiger partial charge in [0, 0.05) is 67.0 Å². The number of nitrogens with zero attached hydrogens (tertiary/aromatic N) is 2. The molecule has 2 spiro atoms. The molecular formula is C37H28N2O11S. The fourth-order valence-corrected chi connectivity index (χ4v) is 9.43. The highest BCUT2D eigenvalue weighted by atomic mass is 32.1. The summed E-state index contributed by atoms with van der Waals surface area (Å²) in [4.78, 5) is 27.6. The molecule has 8 unspecified atom stereocenters. The molecular weight excluding hydrogens is 680 g/mol. The molecule has 6 bridgehead atoms. The first-order valence-corrected chi connectivity index (χ1v) is 16.6. The molecule has 4 aromatic carbocycles. The zero-order chi connectivity index (χ0) is 35.1. The van der Waals surface area contributed by atoms with Crippen LogP contribution < -0.4 is 4.90 Å². The number of Topliss-reactive ketones (excluding diaryl/α,β-unsaturated/α-hetero) is 1. The van der Waals surface area contributed by atoms with Gasteiger partial charge >= 0.3 is 11.9 Å². The van der Waals surface area contributed by atoms with Gasteiger partial charge in [0.15, 0.2) is 23.1 Å². The van der Waals surface area contributed by atoms with Crippen LogP contribution in [0.1, 0.15) is 38.2 Å². The van der Waals surface area contributed by atoms with Crippen molar-refractivity contribution < 1.29 is 47.6 Å². The van der Waals surface area contributed by atoms with Crippen molar-refractivity contribution in [1.29, 1.82) is 0 Å². The van der Waals surface area contributed by atoms with Crippen LogP contribution in [0.4, 0.5) is 11.4 Å². The van der Waals surface area contributed by atoms with E-state index in [4.69, 9.17) is 50.1 Å². The van der Waals surface area contributed by atoms with Crippen LogP contribution >= 0.6 is 12.2 Å². The number of nitro groups is 1. The Morgan fingerprint density at radius 3 is 1.86 bits per heavy atom. The molecule has 10 rings (SSSR count). The molecule has 51 heavy (non-hydrogen) atoms. The van der Waals surface area contributed by atoms with E-state index in [0.29, 0.717) is 39.1 Å². The highest BCUT2D eigenvalue weighted by Gasteiger charge is 2.84. The third kappa shape index (κ3) is 3.43. The lowest BCUT2D eigenvalue weighted by molar-refractivity contribution is -0.384. The predicted octanol–water partition coefficient (Wildman–Crippen LogP) is 4.94. The van der Waals surface area contributed by atoms with E-state index >= 15 is 0 Å². The molecule has 6 aliphatic rings. The van der Waals surface area contributed by atoms with E-state index in [1.807, 2.05) is 42.5 Å². The zero-order valence-electron chi connectivity index (χ0n) is 27.3. The zero-order valence-corrected chi connectivity index (χ0v) is 28.1. The van der Waals surface area contributed by atoms with Crippen molar-refractivity contribution >= 4 is 34.4 Å². The fraction of sp³-hybridized carbons (Fsp3) is 0.297. The van der Waals surface area contributed by atoms with Gasteiger partial charge in [0.05, 0.1) is 10.5 Å². The number of nitro benzene ring substituents is 1. The van der Waals surface area contributed by atoms with Crippen LogP contribution in [0.25, 0.3) is 0 Å². The van der Waals surface area contributed by atoms with Crippen molar-refractivity contribution in [2.45, 2.75) is 47.4 Å². The van der Waals surface area contributed by atoms with Gasteiger partial charge in [0.25, 0.3) is 11.6 Å². The summed E-state index contributed by atoms with van der Waals surface area (Å²) in [5.74, 6) is -5.57. The van der Waals surface area contributed by atoms with Crippen LogP contribution in [0.15, 0.2) is 97.1 Å². The number of hydrogen-bond donors (Lipinski definition) is 0. The number of anilines is 1. The summed E-state index contributed by atoms with van der Waals surface area (Å²) in [5, 5.41) is 11.6. The first kappa shape index (κ1) is 31.3. The maximum Gasteiger partial charge on any atom is 0.314 e. The van der Waals surface area contributed by atoms with Crippen molar-refractivity contribution in [3.63, 3.8) is 0 Å². The third-order valence-corrected chi connectivity index (χ3v) is 11.4. The van der Waals surface area contributed by atoms with Gasteiger partial charge in [-0.05, 0) is 12.1 Å². The number of methoxy groups -OCH3 is 3. The van der Waals surface area contributed by atoms with E-state index in [1.54, 1.807) is 47.4 Å². The molecule has 0 aliphatic carbocycles. The average Bonchev–Trinajstić information content (AvgIpc) is 3.77. The molecule has 0 N–H and O–H groups in total. The summed E-state index contributed by atoms with van der Waals surface area (Å²) in [5.41, 5.74) is -0.123. The second-order valence-corrected chi connectivity index (χ2v) is 13.5. The number of thiocarbonyl (C=S) groups is 1. The molecule has 3 fully saturated rings. The van der Waals surface area contributed by atoms with Gasteiger partial charge in [0.2, 0.25) is 0 Å². The number of carbonyl (C=O) groups is 1. The quantitative estimate of drug-likeness (QED) is 0.157. The van der Waals surface area contributed by atoms with E-state index in [0.717, 1.165) is 0 Å². The second-order valence-electron chi connectivity index (χ2n) is 13.0. The Kier molecular flexibility index (Phi) is 6.19. The maximum atomic E-state index is 14.7. The topological polar surface area (TPSA) is 137 Å². The lowest BCUT2D eigenvalue weighted by Crippen LogP contribution is -2.64. The van der Waals surface area contributed by atoms with Crippen molar-refractivity contribution in [2.24, 2.45) is 0 Å². The monoisotopic (exact) mass is 708 g/mol. The van der Waals surface area contributed by atoms with E-state index < -0.39 is 52.3 Å². The third-order valence-electron chi connectivity index (χ3n) is 11.0. The highest BCUT2D eigenvalue weighted by Crippen LogP contribution is 2.71. The lowest BCUT2D eigenvalue weighted by Gasteiger charge is -2.49. The van der Waals surface area contributed by atoms with Gasteiger partial charge in [-0.2, -0.15) is 0 Å². The number of carbonyl (C=O) groups excluding carboxylic acids is 1. The van der Waals surface area contributed by atoms with Crippen molar-refractivity contribution in [1.82, 2.24) is 0 Å². The minimum Gasteiger partial charge on any atom is -0.332 e. The second kappa shape index (κ2) is 10.1. The normalized spacial score (nSPS) is 36.4. The van der Waals surface area contributed by atoms with Crippen LogP contribution in [-0.2, 0) is 67.0 Å². The molecule has 0 amide bonds. The Morgan fingerprint density at radius 2 is 1.24 bits per heavy atom. The molecule has 6 heterocycles. The van der Waals surface area contributed by atoms with Gasteiger partial charge in [-0.1, -0.05) is 85.0 Å². The van der Waals surface area contributed by atoms with Crippen molar-refractivity contribution in [2.75, 3.05) is 26.2 Å². The number of benzene rings is 4. The number of fused-ring (bicyclic) bond motifs is 18. The van der Waals surface area contributed by atoms with Gasteiger partial charge < -0.3 is 37.9 Å². The molecule has 4 aromatic rings. The molecule has 0 aromatic heterocycles. The number of hydrogen-bond acceptors (Lipinski definition) is 12. The molecule has 0 saturated carbocycles. The molecule has 3 saturated heterocycles. The summed E-state index contributed by atoms with van der Waals surface area (Å²) < 4.78 is 53.4. The molecule has 6 aliphatic heterocycles. The van der Waals surface area contributed by atoms with Crippen molar-refractivity contribution in [3.05, 3.63) is 141 Å². The minimum absolute atomic E-state index is 0.0959. The van der Waals surface area contributed by atoms with Crippen LogP contribution in [0.5, 0.6) is 0 Å². The van der Waals surface area contributed by atoms with Gasteiger partial charge in [-0.25, -0.2) is 0 Å². The highest BCUT2D eigenvalue weighted by molar-refractivity contribution is 7.80. The molecule has 258 valence electrons. The van der Waals surface area contributed by atoms with Crippen LogP contribution in [0.3, 0.4) is 0 Å². The Labute approximate surface area is 295 Å². The van der Waals surface area contributed by atoms with Gasteiger partial charge in [-0.3, -0.25) is 19.8 Å². The number of ether oxygens (including phenoxy) is 8.